The molecule has 1 aromatic heterocycles. The van der Waals surface area contributed by atoms with Gasteiger partial charge in [-0.3, -0.25) is 9.59 Å². The Hall–Kier alpha value is -1.96. The van der Waals surface area contributed by atoms with Gasteiger partial charge in [0.15, 0.2) is 0 Å². The summed E-state index contributed by atoms with van der Waals surface area (Å²) in [5.41, 5.74) is 5.00. The highest BCUT2D eigenvalue weighted by Gasteiger charge is 2.24. The zero-order valence-electron chi connectivity index (χ0n) is 10.5. The summed E-state index contributed by atoms with van der Waals surface area (Å²) >= 11 is 0. The first-order valence-corrected chi connectivity index (χ1v) is 6.30. The maximum atomic E-state index is 11.7. The van der Waals surface area contributed by atoms with Crippen LogP contribution in [0.2, 0.25) is 0 Å². The van der Waals surface area contributed by atoms with Crippen molar-refractivity contribution in [2.24, 2.45) is 5.73 Å². The molecule has 1 atom stereocenters. The molecule has 1 saturated heterocycles. The maximum absolute atomic E-state index is 11.7. The van der Waals surface area contributed by atoms with E-state index in [0.29, 0.717) is 18.9 Å². The molecule has 8 heteroatoms. The Morgan fingerprint density at radius 2 is 2.37 bits per heavy atom. The molecule has 2 rings (SSSR count). The fourth-order valence-electron chi connectivity index (χ4n) is 1.91. The van der Waals surface area contributed by atoms with Crippen LogP contribution in [-0.2, 0) is 4.79 Å². The monoisotopic (exact) mass is 267 g/mol. The molecule has 1 aliphatic rings. The zero-order valence-corrected chi connectivity index (χ0v) is 10.5. The van der Waals surface area contributed by atoms with E-state index in [9.17, 15) is 9.59 Å². The van der Waals surface area contributed by atoms with Crippen LogP contribution in [0.3, 0.4) is 0 Å². The van der Waals surface area contributed by atoms with E-state index in [1.54, 1.807) is 0 Å². The van der Waals surface area contributed by atoms with Crippen molar-refractivity contribution in [2.45, 2.75) is 31.7 Å². The number of amides is 2. The minimum atomic E-state index is -0.405. The van der Waals surface area contributed by atoms with Gasteiger partial charge in [0.1, 0.15) is 0 Å². The Morgan fingerprint density at radius 1 is 1.53 bits per heavy atom. The van der Waals surface area contributed by atoms with Crippen LogP contribution in [0.4, 0.5) is 0 Å². The molecule has 1 unspecified atom stereocenters. The number of carbonyl (C=O) groups is 2. The second-order valence-electron chi connectivity index (χ2n) is 4.43. The summed E-state index contributed by atoms with van der Waals surface area (Å²) in [4.78, 5) is 26.3. The van der Waals surface area contributed by atoms with Gasteiger partial charge in [0.05, 0.1) is 6.04 Å². The van der Waals surface area contributed by atoms with Crippen molar-refractivity contribution in [1.29, 1.82) is 0 Å². The van der Waals surface area contributed by atoms with Crippen molar-refractivity contribution in [1.82, 2.24) is 20.8 Å². The Bertz CT molecular complexity index is 453. The fraction of sp³-hybridized carbons (Fsp3) is 0.636. The van der Waals surface area contributed by atoms with E-state index in [1.165, 1.54) is 0 Å². The van der Waals surface area contributed by atoms with Gasteiger partial charge in [-0.15, -0.1) is 0 Å². The van der Waals surface area contributed by atoms with E-state index in [-0.39, 0.29) is 24.2 Å². The van der Waals surface area contributed by atoms with E-state index in [0.717, 1.165) is 19.4 Å². The van der Waals surface area contributed by atoms with Crippen LogP contribution >= 0.6 is 0 Å². The molecule has 2 amide bonds. The van der Waals surface area contributed by atoms with Gasteiger partial charge < -0.3 is 20.9 Å². The Labute approximate surface area is 110 Å². The van der Waals surface area contributed by atoms with Crippen LogP contribution in [0.15, 0.2) is 4.52 Å². The number of hydrogen-bond donors (Lipinski definition) is 3. The average Bonchev–Trinajstić information content (AvgIpc) is 3.03. The van der Waals surface area contributed by atoms with Gasteiger partial charge in [0.25, 0.3) is 11.7 Å². The predicted octanol–water partition coefficient (Wildman–Crippen LogP) is -0.511. The summed E-state index contributed by atoms with van der Waals surface area (Å²) in [5, 5.41) is 9.46. The van der Waals surface area contributed by atoms with E-state index in [1.807, 2.05) is 0 Å². The molecule has 0 aromatic carbocycles. The van der Waals surface area contributed by atoms with Crippen molar-refractivity contribution in [3.05, 3.63) is 11.7 Å². The van der Waals surface area contributed by atoms with E-state index in [4.69, 9.17) is 10.3 Å². The summed E-state index contributed by atoms with van der Waals surface area (Å²) < 4.78 is 5.06. The number of primary amides is 1. The number of nitrogens with one attached hydrogen (secondary N) is 2. The second-order valence-corrected chi connectivity index (χ2v) is 4.43. The molecule has 4 N–H and O–H groups in total. The van der Waals surface area contributed by atoms with E-state index >= 15 is 0 Å². The van der Waals surface area contributed by atoms with Crippen molar-refractivity contribution >= 4 is 11.8 Å². The van der Waals surface area contributed by atoms with Crippen molar-refractivity contribution in [3.63, 3.8) is 0 Å². The smallest absolute Gasteiger partial charge is 0.292 e. The summed E-state index contributed by atoms with van der Waals surface area (Å²) in [5.74, 6) is -0.330. The molecule has 0 radical (unpaired) electrons. The van der Waals surface area contributed by atoms with Crippen molar-refractivity contribution in [2.75, 3.05) is 13.1 Å². The third kappa shape index (κ3) is 3.75. The summed E-state index contributed by atoms with van der Waals surface area (Å²) in [6.07, 6.45) is 2.73. The number of nitrogens with two attached hydrogens (primary N) is 1. The SMILES string of the molecule is NC(=O)CCCNC(=O)c1noc(C2CCCN2)n1. The molecular weight excluding hydrogens is 250 g/mol. The summed E-state index contributed by atoms with van der Waals surface area (Å²) in [7, 11) is 0. The lowest BCUT2D eigenvalue weighted by atomic mass is 10.2. The highest BCUT2D eigenvalue weighted by Crippen LogP contribution is 2.20. The zero-order chi connectivity index (χ0) is 13.7. The molecular formula is C11H17N5O3. The van der Waals surface area contributed by atoms with Crippen LogP contribution in [0.5, 0.6) is 0 Å². The fourth-order valence-corrected chi connectivity index (χ4v) is 1.91. The van der Waals surface area contributed by atoms with Gasteiger partial charge in [0.2, 0.25) is 11.8 Å². The van der Waals surface area contributed by atoms with Gasteiger partial charge in [-0.25, -0.2) is 0 Å². The number of hydrogen-bond acceptors (Lipinski definition) is 6. The lowest BCUT2D eigenvalue weighted by Crippen LogP contribution is -2.26. The van der Waals surface area contributed by atoms with Gasteiger partial charge >= 0.3 is 0 Å². The van der Waals surface area contributed by atoms with Gasteiger partial charge in [-0.1, -0.05) is 5.16 Å². The summed E-state index contributed by atoms with van der Waals surface area (Å²) in [6.45, 7) is 1.27. The van der Waals surface area contributed by atoms with Gasteiger partial charge in [-0.05, 0) is 25.8 Å². The van der Waals surface area contributed by atoms with Crippen molar-refractivity contribution < 1.29 is 14.1 Å². The second kappa shape index (κ2) is 6.28. The molecule has 19 heavy (non-hydrogen) atoms. The number of nitrogens with zero attached hydrogens (tertiary/aromatic N) is 2. The predicted molar refractivity (Wildman–Crippen MR) is 65.0 cm³/mol. The Balaban J connectivity index is 1.80. The van der Waals surface area contributed by atoms with Crippen LogP contribution in [0, 0.1) is 0 Å². The lowest BCUT2D eigenvalue weighted by molar-refractivity contribution is -0.118. The molecule has 0 saturated carbocycles. The molecule has 8 nitrogen and oxygen atoms in total. The largest absolute Gasteiger partial charge is 0.370 e. The Kier molecular flexibility index (Phi) is 4.45. The molecule has 1 aliphatic heterocycles. The minimum Gasteiger partial charge on any atom is -0.370 e. The third-order valence-electron chi connectivity index (χ3n) is 2.89. The molecule has 1 fully saturated rings. The molecule has 0 bridgehead atoms. The number of carbonyl (C=O) groups excluding carboxylic acids is 2. The van der Waals surface area contributed by atoms with E-state index < -0.39 is 5.91 Å². The van der Waals surface area contributed by atoms with Gasteiger partial charge in [-0.2, -0.15) is 4.98 Å². The molecule has 0 aliphatic carbocycles. The molecule has 2 heterocycles. The number of rotatable bonds is 6. The standard InChI is InChI=1S/C11H17N5O3/c12-8(17)4-2-6-14-10(18)9-15-11(19-16-9)7-3-1-5-13-7/h7,13H,1-6H2,(H2,12,17)(H,14,18). The van der Waals surface area contributed by atoms with Crippen molar-refractivity contribution in [3.8, 4) is 0 Å². The summed E-state index contributed by atoms with van der Waals surface area (Å²) in [6, 6.07) is 0.0453. The van der Waals surface area contributed by atoms with Crippen LogP contribution in [-0.4, -0.2) is 35.0 Å². The molecule has 104 valence electrons. The first-order chi connectivity index (χ1) is 9.16. The van der Waals surface area contributed by atoms with E-state index in [2.05, 4.69) is 20.8 Å². The topological polar surface area (TPSA) is 123 Å². The third-order valence-corrected chi connectivity index (χ3v) is 2.89. The average molecular weight is 267 g/mol. The van der Waals surface area contributed by atoms with Crippen LogP contribution in [0.1, 0.15) is 48.2 Å². The first kappa shape index (κ1) is 13.5. The minimum absolute atomic E-state index is 0.0165. The highest BCUT2D eigenvalue weighted by atomic mass is 16.5. The number of aromatic nitrogens is 2. The molecule has 0 spiro atoms. The highest BCUT2D eigenvalue weighted by molar-refractivity contribution is 5.90. The normalized spacial score (nSPS) is 18.4. The van der Waals surface area contributed by atoms with Gasteiger partial charge in [0, 0.05) is 13.0 Å². The maximum Gasteiger partial charge on any atom is 0.292 e. The Morgan fingerprint density at radius 3 is 3.05 bits per heavy atom. The lowest BCUT2D eigenvalue weighted by Gasteiger charge is -2.01. The molecule has 1 aromatic rings. The first-order valence-electron chi connectivity index (χ1n) is 6.30. The van der Waals surface area contributed by atoms with Crippen LogP contribution in [0.25, 0.3) is 0 Å². The van der Waals surface area contributed by atoms with Crippen LogP contribution < -0.4 is 16.4 Å². The quantitative estimate of drug-likeness (QED) is 0.596.